The molecule has 0 fully saturated rings. The summed E-state index contributed by atoms with van der Waals surface area (Å²) in [5, 5.41) is 10.6. The number of rotatable bonds is 5. The molecule has 0 spiro atoms. The maximum atomic E-state index is 13.9. The van der Waals surface area contributed by atoms with Gasteiger partial charge in [0.25, 0.3) is 0 Å². The maximum absolute atomic E-state index is 13.9. The van der Waals surface area contributed by atoms with Crippen LogP contribution in [0.3, 0.4) is 0 Å². The number of benzene rings is 2. The Kier molecular flexibility index (Phi) is 6.26. The smallest absolute Gasteiger partial charge is 0.326 e. The predicted molar refractivity (Wildman–Crippen MR) is 104 cm³/mol. The van der Waals surface area contributed by atoms with Crippen LogP contribution in [0.2, 0.25) is 5.02 Å². The van der Waals surface area contributed by atoms with Crippen molar-refractivity contribution in [2.24, 2.45) is 5.14 Å². The van der Waals surface area contributed by atoms with Gasteiger partial charge in [0.2, 0.25) is 15.9 Å². The number of hydrogen-bond donors (Lipinski definition) is 2. The van der Waals surface area contributed by atoms with E-state index < -0.39 is 50.6 Å². The minimum absolute atomic E-state index is 0.107. The molecule has 0 radical (unpaired) electrons. The standard InChI is InChI=1S/C18H12ClF5N4O3S/c19-13-3-10(20)4-14(21)12(13)6-17(29)27-11-1-2-15(16(5-11)32(25,30)31)28-8-9(7-26-28)18(22,23)24/h1-5,7-8H,6H2,(H,27,29)(H2,25,30,31). The Balaban J connectivity index is 1.91. The van der Waals surface area contributed by atoms with E-state index in [1.54, 1.807) is 0 Å². The molecule has 0 bridgehead atoms. The average Bonchev–Trinajstić information content (AvgIpc) is 3.14. The lowest BCUT2D eigenvalue weighted by molar-refractivity contribution is -0.137. The van der Waals surface area contributed by atoms with Crippen molar-refractivity contribution in [2.75, 3.05) is 5.32 Å². The second kappa shape index (κ2) is 8.48. The predicted octanol–water partition coefficient (Wildman–Crippen LogP) is 3.65. The first-order chi connectivity index (χ1) is 14.8. The van der Waals surface area contributed by atoms with Gasteiger partial charge >= 0.3 is 6.18 Å². The number of anilines is 1. The fourth-order valence-electron chi connectivity index (χ4n) is 2.72. The Labute approximate surface area is 182 Å². The molecule has 3 N–H and O–H groups in total. The number of hydrogen-bond acceptors (Lipinski definition) is 4. The number of alkyl halides is 3. The molecule has 0 saturated heterocycles. The van der Waals surface area contributed by atoms with Gasteiger partial charge in [0.05, 0.1) is 28.9 Å². The van der Waals surface area contributed by atoms with E-state index in [0.717, 1.165) is 18.2 Å². The Bertz CT molecular complexity index is 1290. The number of primary sulfonamides is 1. The number of amides is 1. The van der Waals surface area contributed by atoms with Crippen molar-refractivity contribution in [3.05, 3.63) is 70.5 Å². The van der Waals surface area contributed by atoms with Gasteiger partial charge in [-0.2, -0.15) is 18.3 Å². The monoisotopic (exact) mass is 494 g/mol. The van der Waals surface area contributed by atoms with E-state index in [1.165, 1.54) is 6.07 Å². The number of halogens is 6. The summed E-state index contributed by atoms with van der Waals surface area (Å²) in [5.74, 6) is -2.81. The van der Waals surface area contributed by atoms with Gasteiger partial charge in [0.1, 0.15) is 16.5 Å². The maximum Gasteiger partial charge on any atom is 0.419 e. The number of nitrogens with zero attached hydrogens (tertiary/aromatic N) is 2. The molecule has 0 saturated carbocycles. The van der Waals surface area contributed by atoms with Gasteiger partial charge in [-0.15, -0.1) is 0 Å². The van der Waals surface area contributed by atoms with Crippen LogP contribution in [0.25, 0.3) is 5.69 Å². The zero-order valence-corrected chi connectivity index (χ0v) is 17.2. The third kappa shape index (κ3) is 5.23. The largest absolute Gasteiger partial charge is 0.419 e. The third-order valence-electron chi connectivity index (χ3n) is 4.15. The van der Waals surface area contributed by atoms with Crippen molar-refractivity contribution in [3.63, 3.8) is 0 Å². The van der Waals surface area contributed by atoms with Crippen molar-refractivity contribution in [2.45, 2.75) is 17.5 Å². The highest BCUT2D eigenvalue weighted by atomic mass is 35.5. The Morgan fingerprint density at radius 1 is 1.19 bits per heavy atom. The normalized spacial score (nSPS) is 12.1. The summed E-state index contributed by atoms with van der Waals surface area (Å²) in [6, 6.07) is 4.52. The van der Waals surface area contributed by atoms with Gasteiger partial charge in [0, 0.05) is 23.5 Å². The summed E-state index contributed by atoms with van der Waals surface area (Å²) in [6.45, 7) is 0. The lowest BCUT2D eigenvalue weighted by Gasteiger charge is -2.12. The highest BCUT2D eigenvalue weighted by molar-refractivity contribution is 7.89. The molecule has 2 aromatic carbocycles. The minimum atomic E-state index is -4.70. The van der Waals surface area contributed by atoms with E-state index in [2.05, 4.69) is 10.4 Å². The number of carbonyl (C=O) groups excluding carboxylic acids is 1. The second-order valence-corrected chi connectivity index (χ2v) is 8.41. The van der Waals surface area contributed by atoms with Gasteiger partial charge in [-0.1, -0.05) is 11.6 Å². The number of carbonyl (C=O) groups is 1. The van der Waals surface area contributed by atoms with Crippen LogP contribution in [0.4, 0.5) is 27.6 Å². The molecule has 0 atom stereocenters. The SMILES string of the molecule is NS(=O)(=O)c1cc(NC(=O)Cc2c(F)cc(F)cc2Cl)ccc1-n1cc(C(F)(F)F)cn1. The van der Waals surface area contributed by atoms with Gasteiger partial charge < -0.3 is 5.32 Å². The van der Waals surface area contributed by atoms with Crippen LogP contribution in [0, 0.1) is 11.6 Å². The summed E-state index contributed by atoms with van der Waals surface area (Å²) in [5.41, 5.74) is -1.81. The average molecular weight is 495 g/mol. The van der Waals surface area contributed by atoms with E-state index in [-0.39, 0.29) is 22.0 Å². The zero-order chi connectivity index (χ0) is 23.8. The second-order valence-electron chi connectivity index (χ2n) is 6.47. The Hall–Kier alpha value is -3.03. The van der Waals surface area contributed by atoms with Crippen molar-refractivity contribution >= 4 is 33.2 Å². The molecule has 1 heterocycles. The zero-order valence-electron chi connectivity index (χ0n) is 15.6. The fourth-order valence-corrected chi connectivity index (χ4v) is 3.72. The van der Waals surface area contributed by atoms with Gasteiger partial charge in [0.15, 0.2) is 0 Å². The van der Waals surface area contributed by atoms with Crippen molar-refractivity contribution in [1.29, 1.82) is 0 Å². The quantitative estimate of drug-likeness (QED) is 0.528. The topological polar surface area (TPSA) is 107 Å². The third-order valence-corrected chi connectivity index (χ3v) is 5.43. The van der Waals surface area contributed by atoms with Crippen molar-refractivity contribution < 1.29 is 35.2 Å². The van der Waals surface area contributed by atoms with Crippen LogP contribution < -0.4 is 10.5 Å². The number of nitrogens with one attached hydrogen (secondary N) is 1. The number of nitrogens with two attached hydrogens (primary N) is 1. The Morgan fingerprint density at radius 2 is 1.88 bits per heavy atom. The van der Waals surface area contributed by atoms with Gasteiger partial charge in [-0.05, 0) is 24.3 Å². The van der Waals surface area contributed by atoms with Crippen molar-refractivity contribution in [3.8, 4) is 5.69 Å². The van der Waals surface area contributed by atoms with Crippen LogP contribution in [0.15, 0.2) is 47.6 Å². The molecule has 14 heteroatoms. The lowest BCUT2D eigenvalue weighted by Crippen LogP contribution is -2.18. The van der Waals surface area contributed by atoms with E-state index in [4.69, 9.17) is 16.7 Å². The molecule has 1 aromatic heterocycles. The van der Waals surface area contributed by atoms with E-state index >= 15 is 0 Å². The molecule has 3 aromatic rings. The molecule has 7 nitrogen and oxygen atoms in total. The first-order valence-electron chi connectivity index (χ1n) is 8.48. The van der Waals surface area contributed by atoms with Crippen LogP contribution in [0.5, 0.6) is 0 Å². The summed E-state index contributed by atoms with van der Waals surface area (Å²) < 4.78 is 90.1. The summed E-state index contributed by atoms with van der Waals surface area (Å²) in [4.78, 5) is 11.6. The first kappa shape index (κ1) is 23.6. The first-order valence-corrected chi connectivity index (χ1v) is 10.4. The molecule has 0 aliphatic carbocycles. The Morgan fingerprint density at radius 3 is 2.44 bits per heavy atom. The van der Waals surface area contributed by atoms with Crippen molar-refractivity contribution in [1.82, 2.24) is 9.78 Å². The number of sulfonamides is 1. The van der Waals surface area contributed by atoms with Crippen LogP contribution >= 0.6 is 11.6 Å². The van der Waals surface area contributed by atoms with Gasteiger partial charge in [-0.25, -0.2) is 27.0 Å². The highest BCUT2D eigenvalue weighted by Crippen LogP contribution is 2.31. The molecule has 3 rings (SSSR count). The van der Waals surface area contributed by atoms with Crippen LogP contribution in [0.1, 0.15) is 11.1 Å². The molecular weight excluding hydrogens is 483 g/mol. The molecule has 0 aliphatic heterocycles. The molecular formula is C18H12ClF5N4O3S. The van der Waals surface area contributed by atoms with Gasteiger partial charge in [-0.3, -0.25) is 4.79 Å². The molecule has 1 amide bonds. The van der Waals surface area contributed by atoms with Crippen LogP contribution in [-0.2, 0) is 27.4 Å². The summed E-state index contributed by atoms with van der Waals surface area (Å²) >= 11 is 5.74. The van der Waals surface area contributed by atoms with Crippen LogP contribution in [-0.4, -0.2) is 24.1 Å². The lowest BCUT2D eigenvalue weighted by atomic mass is 10.1. The fraction of sp³-hybridized carbons (Fsp3) is 0.111. The molecule has 170 valence electrons. The molecule has 32 heavy (non-hydrogen) atoms. The van der Waals surface area contributed by atoms with E-state index in [9.17, 15) is 35.2 Å². The minimum Gasteiger partial charge on any atom is -0.326 e. The summed E-state index contributed by atoms with van der Waals surface area (Å²) in [7, 11) is -4.46. The highest BCUT2D eigenvalue weighted by Gasteiger charge is 2.32. The molecule has 0 aliphatic rings. The van der Waals surface area contributed by atoms with E-state index in [1.807, 2.05) is 0 Å². The summed E-state index contributed by atoms with van der Waals surface area (Å²) in [6.07, 6.45) is -4.23. The molecule has 0 unspecified atom stereocenters. The number of aromatic nitrogens is 2. The van der Waals surface area contributed by atoms with E-state index in [0.29, 0.717) is 23.1 Å².